The predicted molar refractivity (Wildman–Crippen MR) is 109 cm³/mol. The van der Waals surface area contributed by atoms with Crippen molar-refractivity contribution in [3.63, 3.8) is 0 Å². The first kappa shape index (κ1) is 17.7. The second kappa shape index (κ2) is 6.78. The second-order valence-electron chi connectivity index (χ2n) is 5.55. The van der Waals surface area contributed by atoms with Crippen molar-refractivity contribution < 1.29 is 8.42 Å². The smallest absolute Gasteiger partial charge is 0.238 e. The molecule has 0 fully saturated rings. The lowest BCUT2D eigenvalue weighted by atomic mass is 10.3. The molecule has 8 nitrogen and oxygen atoms in total. The Morgan fingerprint density at radius 3 is 2.56 bits per heavy atom. The summed E-state index contributed by atoms with van der Waals surface area (Å²) in [7, 11) is -3.72. The quantitative estimate of drug-likeness (QED) is 0.392. The van der Waals surface area contributed by atoms with E-state index in [4.69, 9.17) is 10.9 Å². The average Bonchev–Trinajstić information content (AvgIpc) is 3.34. The number of benzene rings is 1. The van der Waals surface area contributed by atoms with Gasteiger partial charge in [0.2, 0.25) is 10.0 Å². The Balaban J connectivity index is 1.57. The fourth-order valence-electron chi connectivity index (χ4n) is 2.38. The van der Waals surface area contributed by atoms with Crippen LogP contribution in [-0.4, -0.2) is 23.4 Å². The normalized spacial score (nSPS) is 11.6. The summed E-state index contributed by atoms with van der Waals surface area (Å²) in [6, 6.07) is 9.96. The van der Waals surface area contributed by atoms with Crippen LogP contribution in [0.1, 0.15) is 0 Å². The molecule has 0 unspecified atom stereocenters. The van der Waals surface area contributed by atoms with Crippen molar-refractivity contribution in [2.45, 2.75) is 4.90 Å². The highest BCUT2D eigenvalue weighted by Crippen LogP contribution is 2.38. The van der Waals surface area contributed by atoms with E-state index in [1.165, 1.54) is 34.8 Å². The molecule has 0 saturated carbocycles. The third-order valence-electron chi connectivity index (χ3n) is 3.66. The first-order chi connectivity index (χ1) is 12.9. The topological polar surface area (TPSA) is 140 Å². The molecule has 0 radical (unpaired) electrons. The van der Waals surface area contributed by atoms with Crippen molar-refractivity contribution >= 4 is 49.3 Å². The van der Waals surface area contributed by atoms with Gasteiger partial charge in [-0.05, 0) is 36.4 Å². The molecule has 0 spiro atoms. The van der Waals surface area contributed by atoms with E-state index < -0.39 is 10.0 Å². The van der Waals surface area contributed by atoms with Crippen LogP contribution in [0.5, 0.6) is 0 Å². The molecule has 0 amide bonds. The van der Waals surface area contributed by atoms with Crippen LogP contribution in [0.15, 0.2) is 52.9 Å². The van der Waals surface area contributed by atoms with Crippen molar-refractivity contribution in [2.75, 3.05) is 11.1 Å². The maximum atomic E-state index is 11.3. The maximum Gasteiger partial charge on any atom is 0.238 e. The molecule has 1 aromatic carbocycles. The number of H-pyrrole nitrogens is 1. The van der Waals surface area contributed by atoms with E-state index >= 15 is 0 Å². The Kier molecular flexibility index (Phi) is 4.44. The number of rotatable bonds is 5. The van der Waals surface area contributed by atoms with Gasteiger partial charge in [0, 0.05) is 17.3 Å². The molecule has 0 aliphatic heterocycles. The number of thiazole rings is 2. The number of aromatic amines is 1. The molecule has 3 heterocycles. The van der Waals surface area contributed by atoms with E-state index in [1.54, 1.807) is 12.1 Å². The van der Waals surface area contributed by atoms with E-state index in [2.05, 4.69) is 20.3 Å². The minimum absolute atomic E-state index is 0.0482. The SMILES string of the molecule is Nc1nc(Nc2ccc(S(N)(=O)=O)cc2)sc1-c1nc(-c2ccc[nH]2)cs1. The van der Waals surface area contributed by atoms with Gasteiger partial charge in [-0.1, -0.05) is 11.3 Å². The number of hydrogen-bond acceptors (Lipinski definition) is 8. The summed E-state index contributed by atoms with van der Waals surface area (Å²) in [5, 5.41) is 11.5. The zero-order chi connectivity index (χ0) is 19.0. The molecule has 11 heteroatoms. The van der Waals surface area contributed by atoms with Gasteiger partial charge in [0.1, 0.15) is 15.7 Å². The molecule has 0 aliphatic carbocycles. The maximum absolute atomic E-state index is 11.3. The minimum Gasteiger partial charge on any atom is -0.382 e. The van der Waals surface area contributed by atoms with E-state index in [0.717, 1.165) is 21.3 Å². The highest BCUT2D eigenvalue weighted by atomic mass is 32.2. The summed E-state index contributed by atoms with van der Waals surface area (Å²) >= 11 is 2.87. The van der Waals surface area contributed by atoms with Crippen molar-refractivity contribution in [1.29, 1.82) is 0 Å². The number of anilines is 3. The number of aromatic nitrogens is 3. The monoisotopic (exact) mass is 418 g/mol. The lowest BCUT2D eigenvalue weighted by Gasteiger charge is -2.03. The number of sulfonamides is 1. The number of nitrogen functional groups attached to an aromatic ring is 1. The number of nitrogens with zero attached hydrogens (tertiary/aromatic N) is 2. The summed E-state index contributed by atoms with van der Waals surface area (Å²) in [5.41, 5.74) is 8.52. The molecule has 4 rings (SSSR count). The van der Waals surface area contributed by atoms with Crippen LogP contribution in [0.25, 0.3) is 21.3 Å². The minimum atomic E-state index is -3.72. The fourth-order valence-corrected chi connectivity index (χ4v) is 4.72. The van der Waals surface area contributed by atoms with E-state index in [0.29, 0.717) is 16.6 Å². The lowest BCUT2D eigenvalue weighted by molar-refractivity contribution is 0.598. The predicted octanol–water partition coefficient (Wildman–Crippen LogP) is 3.23. The molecule has 3 aromatic heterocycles. The van der Waals surface area contributed by atoms with Crippen LogP contribution in [0, 0.1) is 0 Å². The van der Waals surface area contributed by atoms with E-state index in [9.17, 15) is 8.42 Å². The third-order valence-corrected chi connectivity index (χ3v) is 6.57. The molecule has 6 N–H and O–H groups in total. The summed E-state index contributed by atoms with van der Waals surface area (Å²) < 4.78 is 22.6. The first-order valence-electron chi connectivity index (χ1n) is 7.66. The first-order valence-corrected chi connectivity index (χ1v) is 10.9. The lowest BCUT2D eigenvalue weighted by Crippen LogP contribution is -2.11. The Hall–Kier alpha value is -2.73. The number of nitrogens with two attached hydrogens (primary N) is 2. The Bertz CT molecular complexity index is 1180. The van der Waals surface area contributed by atoms with Gasteiger partial charge in [-0.25, -0.2) is 23.5 Å². The van der Waals surface area contributed by atoms with Crippen LogP contribution >= 0.6 is 22.7 Å². The summed E-state index contributed by atoms with van der Waals surface area (Å²) in [6.45, 7) is 0. The van der Waals surface area contributed by atoms with Gasteiger partial charge in [-0.3, -0.25) is 0 Å². The summed E-state index contributed by atoms with van der Waals surface area (Å²) in [4.78, 5) is 12.9. The molecule has 0 atom stereocenters. The Labute approximate surface area is 163 Å². The Morgan fingerprint density at radius 2 is 1.89 bits per heavy atom. The summed E-state index contributed by atoms with van der Waals surface area (Å²) in [5.74, 6) is 0.385. The highest BCUT2D eigenvalue weighted by Gasteiger charge is 2.15. The van der Waals surface area contributed by atoms with Crippen molar-refractivity contribution in [3.05, 3.63) is 48.0 Å². The summed E-state index contributed by atoms with van der Waals surface area (Å²) in [6.07, 6.45) is 1.85. The van der Waals surface area contributed by atoms with Gasteiger partial charge in [0.25, 0.3) is 0 Å². The van der Waals surface area contributed by atoms with Gasteiger partial charge in [0.15, 0.2) is 5.13 Å². The molecule has 0 bridgehead atoms. The van der Waals surface area contributed by atoms with Crippen LogP contribution in [0.2, 0.25) is 0 Å². The molecule has 27 heavy (non-hydrogen) atoms. The molecular formula is C16H14N6O2S3. The van der Waals surface area contributed by atoms with Gasteiger partial charge in [0.05, 0.1) is 16.3 Å². The molecule has 4 aromatic rings. The standard InChI is InChI=1S/C16H14N6O2S3/c17-14-13(15-21-12(8-25-15)11-2-1-7-19-11)26-16(22-14)20-9-3-5-10(6-4-9)27(18,23)24/h1-8,19H,17H2,(H,20,22)(H2,18,23,24). The zero-order valence-electron chi connectivity index (χ0n) is 13.7. The van der Waals surface area contributed by atoms with Crippen LogP contribution < -0.4 is 16.2 Å². The number of primary sulfonamides is 1. The molecular weight excluding hydrogens is 404 g/mol. The Morgan fingerprint density at radius 1 is 1.11 bits per heavy atom. The van der Waals surface area contributed by atoms with Gasteiger partial charge >= 0.3 is 0 Å². The molecule has 138 valence electrons. The van der Waals surface area contributed by atoms with E-state index in [1.807, 2.05) is 23.7 Å². The van der Waals surface area contributed by atoms with Gasteiger partial charge in [-0.15, -0.1) is 11.3 Å². The van der Waals surface area contributed by atoms with Gasteiger partial charge in [-0.2, -0.15) is 0 Å². The third kappa shape index (κ3) is 3.71. The van der Waals surface area contributed by atoms with Gasteiger partial charge < -0.3 is 16.0 Å². The average molecular weight is 419 g/mol. The molecule has 0 saturated heterocycles. The molecule has 0 aliphatic rings. The van der Waals surface area contributed by atoms with E-state index in [-0.39, 0.29) is 4.90 Å². The van der Waals surface area contributed by atoms with Crippen LogP contribution in [0.4, 0.5) is 16.6 Å². The van der Waals surface area contributed by atoms with Crippen LogP contribution in [0.3, 0.4) is 0 Å². The van der Waals surface area contributed by atoms with Crippen molar-refractivity contribution in [1.82, 2.24) is 15.0 Å². The number of hydrogen-bond donors (Lipinski definition) is 4. The van der Waals surface area contributed by atoms with Crippen molar-refractivity contribution in [2.24, 2.45) is 5.14 Å². The zero-order valence-corrected chi connectivity index (χ0v) is 16.2. The van der Waals surface area contributed by atoms with Crippen molar-refractivity contribution in [3.8, 4) is 21.3 Å². The highest BCUT2D eigenvalue weighted by molar-refractivity contribution is 7.89. The largest absolute Gasteiger partial charge is 0.382 e. The van der Waals surface area contributed by atoms with Crippen LogP contribution in [-0.2, 0) is 10.0 Å². The second-order valence-corrected chi connectivity index (χ2v) is 8.97. The number of nitrogens with one attached hydrogen (secondary N) is 2. The fraction of sp³-hybridized carbons (Fsp3) is 0.